The van der Waals surface area contributed by atoms with E-state index in [1.165, 1.54) is 0 Å². The fraction of sp³-hybridized carbons (Fsp3) is 0.625. The van der Waals surface area contributed by atoms with E-state index in [1.807, 2.05) is 26.0 Å². The predicted octanol–water partition coefficient (Wildman–Crippen LogP) is 3.30. The van der Waals surface area contributed by atoms with Crippen molar-refractivity contribution in [1.29, 1.82) is 0 Å². The maximum absolute atomic E-state index is 10.4. The normalized spacial score (nSPS) is 20.5. The van der Waals surface area contributed by atoms with Crippen molar-refractivity contribution in [3.05, 3.63) is 28.8 Å². The lowest BCUT2D eigenvalue weighted by Gasteiger charge is -2.18. The van der Waals surface area contributed by atoms with E-state index in [9.17, 15) is 5.11 Å². The Morgan fingerprint density at radius 3 is 2.79 bits per heavy atom. The van der Waals surface area contributed by atoms with Gasteiger partial charge in [0.2, 0.25) is 0 Å². The average Bonchev–Trinajstić information content (AvgIpc) is 2.91. The third kappa shape index (κ3) is 3.48. The number of aliphatic hydroxyl groups excluding tert-OH is 1. The van der Waals surface area contributed by atoms with E-state index in [1.54, 1.807) is 7.11 Å². The molecule has 0 spiro atoms. The smallest absolute Gasteiger partial charge is 0.122 e. The summed E-state index contributed by atoms with van der Waals surface area (Å²) in [5, 5.41) is 10.4. The molecule has 19 heavy (non-hydrogen) atoms. The van der Waals surface area contributed by atoms with Gasteiger partial charge in [0.25, 0.3) is 0 Å². The molecule has 0 bridgehead atoms. The van der Waals surface area contributed by atoms with E-state index in [-0.39, 0.29) is 0 Å². The van der Waals surface area contributed by atoms with Crippen molar-refractivity contribution in [3.63, 3.8) is 0 Å². The van der Waals surface area contributed by atoms with Crippen LogP contribution >= 0.6 is 0 Å². The van der Waals surface area contributed by atoms with Crippen molar-refractivity contribution in [3.8, 4) is 5.75 Å². The Bertz CT molecular complexity index is 422. The number of rotatable bonds is 5. The van der Waals surface area contributed by atoms with E-state index >= 15 is 0 Å². The highest BCUT2D eigenvalue weighted by molar-refractivity contribution is 5.42. The van der Waals surface area contributed by atoms with Crippen LogP contribution in [0.5, 0.6) is 5.75 Å². The van der Waals surface area contributed by atoms with Gasteiger partial charge in [-0.2, -0.15) is 0 Å². The molecule has 3 heteroatoms. The largest absolute Gasteiger partial charge is 0.496 e. The lowest BCUT2D eigenvalue weighted by molar-refractivity contribution is 0.0810. The lowest BCUT2D eigenvalue weighted by Crippen LogP contribution is -2.09. The first kappa shape index (κ1) is 14.4. The standard InChI is InChI=1S/C16H24O3/c1-11-10-16(18-3)12(2)9-14(11)15(17)7-6-13-5-4-8-19-13/h9-10,13,15,17H,4-8H2,1-3H3. The zero-order valence-corrected chi connectivity index (χ0v) is 12.1. The van der Waals surface area contributed by atoms with Crippen molar-refractivity contribution >= 4 is 0 Å². The summed E-state index contributed by atoms with van der Waals surface area (Å²) in [6.45, 7) is 4.91. The maximum Gasteiger partial charge on any atom is 0.122 e. The van der Waals surface area contributed by atoms with Crippen LogP contribution in [0.1, 0.15) is 48.5 Å². The van der Waals surface area contributed by atoms with Crippen LogP contribution in [0.25, 0.3) is 0 Å². The van der Waals surface area contributed by atoms with Gasteiger partial charge in [-0.25, -0.2) is 0 Å². The van der Waals surface area contributed by atoms with Crippen LogP contribution in [0.3, 0.4) is 0 Å². The Hall–Kier alpha value is -1.06. The molecule has 0 saturated carbocycles. The quantitative estimate of drug-likeness (QED) is 0.886. The van der Waals surface area contributed by atoms with Gasteiger partial charge in [-0.05, 0) is 68.4 Å². The fourth-order valence-corrected chi connectivity index (χ4v) is 2.76. The van der Waals surface area contributed by atoms with Gasteiger partial charge >= 0.3 is 0 Å². The fourth-order valence-electron chi connectivity index (χ4n) is 2.76. The first-order valence-corrected chi connectivity index (χ1v) is 7.06. The van der Waals surface area contributed by atoms with Gasteiger partial charge in [-0.1, -0.05) is 0 Å². The van der Waals surface area contributed by atoms with Crippen LogP contribution in [0.2, 0.25) is 0 Å². The molecule has 106 valence electrons. The highest BCUT2D eigenvalue weighted by Crippen LogP contribution is 2.30. The molecule has 1 fully saturated rings. The number of aryl methyl sites for hydroxylation is 2. The molecule has 1 aliphatic heterocycles. The molecule has 1 saturated heterocycles. The van der Waals surface area contributed by atoms with Crippen LogP contribution in [0.4, 0.5) is 0 Å². The van der Waals surface area contributed by atoms with Gasteiger partial charge in [-0.3, -0.25) is 0 Å². The summed E-state index contributed by atoms with van der Waals surface area (Å²) < 4.78 is 10.9. The van der Waals surface area contributed by atoms with Crippen molar-refractivity contribution < 1.29 is 14.6 Å². The van der Waals surface area contributed by atoms with Crippen molar-refractivity contribution in [2.75, 3.05) is 13.7 Å². The van der Waals surface area contributed by atoms with E-state index in [0.717, 1.165) is 54.7 Å². The Morgan fingerprint density at radius 2 is 2.16 bits per heavy atom. The molecule has 0 aliphatic carbocycles. The summed E-state index contributed by atoms with van der Waals surface area (Å²) in [6.07, 6.45) is 3.92. The molecule has 3 nitrogen and oxygen atoms in total. The predicted molar refractivity (Wildman–Crippen MR) is 75.6 cm³/mol. The highest BCUT2D eigenvalue weighted by Gasteiger charge is 2.19. The SMILES string of the molecule is COc1cc(C)c(C(O)CCC2CCCO2)cc1C. The van der Waals surface area contributed by atoms with Crippen LogP contribution in [0.15, 0.2) is 12.1 Å². The summed E-state index contributed by atoms with van der Waals surface area (Å²) in [4.78, 5) is 0. The zero-order valence-electron chi connectivity index (χ0n) is 12.1. The average molecular weight is 264 g/mol. The van der Waals surface area contributed by atoms with Gasteiger partial charge in [-0.15, -0.1) is 0 Å². The molecule has 1 N–H and O–H groups in total. The minimum atomic E-state index is -0.409. The molecule has 2 unspecified atom stereocenters. The number of hydrogen-bond donors (Lipinski definition) is 1. The second-order valence-electron chi connectivity index (χ2n) is 5.41. The summed E-state index contributed by atoms with van der Waals surface area (Å²) in [5.74, 6) is 0.882. The molecule has 1 aromatic carbocycles. The molecule has 0 amide bonds. The van der Waals surface area contributed by atoms with E-state index in [4.69, 9.17) is 9.47 Å². The first-order chi connectivity index (χ1) is 9.11. The number of ether oxygens (including phenoxy) is 2. The first-order valence-electron chi connectivity index (χ1n) is 7.06. The molecule has 0 radical (unpaired) electrons. The van der Waals surface area contributed by atoms with E-state index in [0.29, 0.717) is 6.10 Å². The Labute approximate surface area is 115 Å². The van der Waals surface area contributed by atoms with Crippen LogP contribution in [-0.2, 0) is 4.74 Å². The van der Waals surface area contributed by atoms with Crippen molar-refractivity contribution in [1.82, 2.24) is 0 Å². The number of aliphatic hydroxyl groups is 1. The lowest BCUT2D eigenvalue weighted by atomic mass is 9.96. The monoisotopic (exact) mass is 264 g/mol. The zero-order chi connectivity index (χ0) is 13.8. The summed E-state index contributed by atoms with van der Waals surface area (Å²) in [6, 6.07) is 4.04. The molecule has 0 aromatic heterocycles. The third-order valence-electron chi connectivity index (χ3n) is 3.93. The number of methoxy groups -OCH3 is 1. The van der Waals surface area contributed by atoms with Crippen molar-refractivity contribution in [2.24, 2.45) is 0 Å². The van der Waals surface area contributed by atoms with Gasteiger partial charge in [0.1, 0.15) is 5.75 Å². The minimum absolute atomic E-state index is 0.342. The molecule has 2 atom stereocenters. The minimum Gasteiger partial charge on any atom is -0.496 e. The molecule has 2 rings (SSSR count). The van der Waals surface area contributed by atoms with Crippen LogP contribution in [-0.4, -0.2) is 24.9 Å². The van der Waals surface area contributed by atoms with Gasteiger partial charge in [0.05, 0.1) is 19.3 Å². The Balaban J connectivity index is 2.01. The van der Waals surface area contributed by atoms with E-state index in [2.05, 4.69) is 0 Å². The van der Waals surface area contributed by atoms with Crippen molar-refractivity contribution in [2.45, 2.75) is 51.7 Å². The summed E-state index contributed by atoms with van der Waals surface area (Å²) in [7, 11) is 1.68. The molecule has 1 heterocycles. The van der Waals surface area contributed by atoms with E-state index < -0.39 is 6.10 Å². The molecule has 1 aliphatic rings. The van der Waals surface area contributed by atoms with Crippen LogP contribution in [0, 0.1) is 13.8 Å². The Morgan fingerprint density at radius 1 is 1.37 bits per heavy atom. The summed E-state index contributed by atoms with van der Waals surface area (Å²) in [5.41, 5.74) is 3.16. The van der Waals surface area contributed by atoms with Gasteiger partial charge in [0, 0.05) is 6.61 Å². The Kier molecular flexibility index (Phi) is 4.83. The summed E-state index contributed by atoms with van der Waals surface area (Å²) >= 11 is 0. The molecular weight excluding hydrogens is 240 g/mol. The highest BCUT2D eigenvalue weighted by atomic mass is 16.5. The van der Waals surface area contributed by atoms with Gasteiger partial charge in [0.15, 0.2) is 0 Å². The topological polar surface area (TPSA) is 38.7 Å². The number of hydrogen-bond acceptors (Lipinski definition) is 3. The third-order valence-corrected chi connectivity index (χ3v) is 3.93. The maximum atomic E-state index is 10.4. The van der Waals surface area contributed by atoms with Gasteiger partial charge < -0.3 is 14.6 Å². The van der Waals surface area contributed by atoms with Crippen LogP contribution < -0.4 is 4.74 Å². The second-order valence-corrected chi connectivity index (χ2v) is 5.41. The number of benzene rings is 1. The molecule has 1 aromatic rings. The molecular formula is C16H24O3. The second kappa shape index (κ2) is 6.40.